The number of hydrogen-bond donors (Lipinski definition) is 0. The molecule has 0 aliphatic rings. The van der Waals surface area contributed by atoms with Crippen LogP contribution in [-0.2, 0) is 0 Å². The molecule has 0 radical (unpaired) electrons. The Bertz CT molecular complexity index is 590. The average Bonchev–Trinajstić information content (AvgIpc) is 2.39. The topological polar surface area (TPSA) is 9.23 Å². The Balaban J connectivity index is 2.46. The molecule has 1 nitrogen and oxygen atoms in total. The van der Waals surface area contributed by atoms with Crippen molar-refractivity contribution in [2.75, 3.05) is 6.61 Å². The first-order valence-corrected chi connectivity index (χ1v) is 7.88. The van der Waals surface area contributed by atoms with E-state index in [4.69, 9.17) is 16.3 Å². The molecule has 0 heterocycles. The zero-order valence-corrected chi connectivity index (χ0v) is 14.3. The van der Waals surface area contributed by atoms with Gasteiger partial charge in [-0.1, -0.05) is 45.3 Å². The molecule has 2 rings (SSSR count). The lowest BCUT2D eigenvalue weighted by Gasteiger charge is -2.17. The van der Waals surface area contributed by atoms with E-state index in [-0.39, 0.29) is 5.38 Å². The van der Waals surface area contributed by atoms with E-state index in [0.29, 0.717) is 6.61 Å². The maximum atomic E-state index is 6.69. The van der Waals surface area contributed by atoms with Gasteiger partial charge in [0.25, 0.3) is 0 Å². The molecule has 0 aromatic heterocycles. The van der Waals surface area contributed by atoms with Crippen LogP contribution >= 0.6 is 27.5 Å². The molecule has 0 saturated carbocycles. The summed E-state index contributed by atoms with van der Waals surface area (Å²) in [5, 5.41) is -0.215. The number of benzene rings is 2. The largest absolute Gasteiger partial charge is 0.494 e. The molecule has 1 atom stereocenters. The third kappa shape index (κ3) is 3.56. The standard InChI is InChI=1S/C17H18BrClO/c1-4-20-16-6-5-14(18)10-15(16)17(19)13-8-11(2)7-12(3)9-13/h5-10,17H,4H2,1-3H3. The average molecular weight is 354 g/mol. The SMILES string of the molecule is CCOc1ccc(Br)cc1C(Cl)c1cc(C)cc(C)c1. The smallest absolute Gasteiger partial charge is 0.124 e. The zero-order chi connectivity index (χ0) is 14.7. The van der Waals surface area contributed by atoms with Gasteiger partial charge in [0.2, 0.25) is 0 Å². The molecule has 2 aromatic rings. The first kappa shape index (κ1) is 15.4. The molecule has 0 fully saturated rings. The predicted octanol–water partition coefficient (Wildman–Crippen LogP) is 5.79. The van der Waals surface area contributed by atoms with Gasteiger partial charge in [-0.2, -0.15) is 0 Å². The molecule has 0 spiro atoms. The molecule has 0 aliphatic carbocycles. The van der Waals surface area contributed by atoms with Crippen LogP contribution in [0, 0.1) is 13.8 Å². The van der Waals surface area contributed by atoms with Crippen molar-refractivity contribution < 1.29 is 4.74 Å². The Morgan fingerprint density at radius 1 is 1.10 bits per heavy atom. The highest BCUT2D eigenvalue weighted by Gasteiger charge is 2.17. The molecule has 0 bridgehead atoms. The minimum absolute atomic E-state index is 0.215. The molecule has 1 unspecified atom stereocenters. The van der Waals surface area contributed by atoms with Crippen LogP contribution in [-0.4, -0.2) is 6.61 Å². The highest BCUT2D eigenvalue weighted by Crippen LogP contribution is 2.37. The highest BCUT2D eigenvalue weighted by atomic mass is 79.9. The second-order valence-corrected chi connectivity index (χ2v) is 6.25. The third-order valence-corrected chi connectivity index (χ3v) is 4.06. The Morgan fingerprint density at radius 3 is 2.35 bits per heavy atom. The number of hydrogen-bond acceptors (Lipinski definition) is 1. The summed E-state index contributed by atoms with van der Waals surface area (Å²) in [6.45, 7) is 6.78. The first-order chi connectivity index (χ1) is 9.51. The second-order valence-electron chi connectivity index (χ2n) is 4.90. The van der Waals surface area contributed by atoms with E-state index in [1.807, 2.05) is 25.1 Å². The molecular formula is C17H18BrClO. The summed E-state index contributed by atoms with van der Waals surface area (Å²) < 4.78 is 6.70. The molecule has 0 N–H and O–H groups in total. The van der Waals surface area contributed by atoms with Gasteiger partial charge in [0, 0.05) is 10.0 Å². The van der Waals surface area contributed by atoms with E-state index in [9.17, 15) is 0 Å². The summed E-state index contributed by atoms with van der Waals surface area (Å²) in [5.41, 5.74) is 4.54. The van der Waals surface area contributed by atoms with Gasteiger partial charge in [0.1, 0.15) is 5.75 Å². The van der Waals surface area contributed by atoms with Gasteiger partial charge in [-0.05, 0) is 44.5 Å². The Labute approximate surface area is 134 Å². The number of rotatable bonds is 4. The number of ether oxygens (including phenoxy) is 1. The lowest BCUT2D eigenvalue weighted by Crippen LogP contribution is -2.01. The van der Waals surface area contributed by atoms with Gasteiger partial charge < -0.3 is 4.74 Å². The van der Waals surface area contributed by atoms with Crippen LogP contribution in [0.1, 0.15) is 34.6 Å². The number of halogens is 2. The minimum Gasteiger partial charge on any atom is -0.494 e. The molecular weight excluding hydrogens is 336 g/mol. The second kappa shape index (κ2) is 6.64. The minimum atomic E-state index is -0.215. The van der Waals surface area contributed by atoms with Crippen LogP contribution in [0.5, 0.6) is 5.75 Å². The van der Waals surface area contributed by atoms with E-state index in [1.54, 1.807) is 0 Å². The van der Waals surface area contributed by atoms with Crippen LogP contribution in [0.2, 0.25) is 0 Å². The number of aryl methyl sites for hydroxylation is 2. The number of alkyl halides is 1. The summed E-state index contributed by atoms with van der Waals surface area (Å²) in [6, 6.07) is 12.4. The molecule has 3 heteroatoms. The van der Waals surface area contributed by atoms with E-state index in [2.05, 4.69) is 48.0 Å². The van der Waals surface area contributed by atoms with Crippen LogP contribution in [0.25, 0.3) is 0 Å². The van der Waals surface area contributed by atoms with E-state index in [1.165, 1.54) is 11.1 Å². The van der Waals surface area contributed by atoms with Crippen molar-refractivity contribution in [2.45, 2.75) is 26.1 Å². The van der Waals surface area contributed by atoms with Crippen LogP contribution in [0.4, 0.5) is 0 Å². The third-order valence-electron chi connectivity index (χ3n) is 3.08. The van der Waals surface area contributed by atoms with Crippen molar-refractivity contribution in [1.29, 1.82) is 0 Å². The Hall–Kier alpha value is -0.990. The summed E-state index contributed by atoms with van der Waals surface area (Å²) >= 11 is 10.2. The van der Waals surface area contributed by atoms with E-state index in [0.717, 1.165) is 21.3 Å². The Morgan fingerprint density at radius 2 is 1.75 bits per heavy atom. The molecule has 2 aromatic carbocycles. The van der Waals surface area contributed by atoms with Crippen LogP contribution in [0.15, 0.2) is 40.9 Å². The first-order valence-electron chi connectivity index (χ1n) is 6.65. The monoisotopic (exact) mass is 352 g/mol. The summed E-state index contributed by atoms with van der Waals surface area (Å²) in [6.07, 6.45) is 0. The fraction of sp³-hybridized carbons (Fsp3) is 0.294. The maximum Gasteiger partial charge on any atom is 0.124 e. The molecule has 0 aliphatic heterocycles. The van der Waals surface area contributed by atoms with Crippen molar-refractivity contribution in [3.63, 3.8) is 0 Å². The van der Waals surface area contributed by atoms with Crippen molar-refractivity contribution in [3.8, 4) is 5.75 Å². The molecule has 0 amide bonds. The van der Waals surface area contributed by atoms with Gasteiger partial charge in [0.15, 0.2) is 0 Å². The lowest BCUT2D eigenvalue weighted by atomic mass is 9.99. The zero-order valence-electron chi connectivity index (χ0n) is 11.9. The molecule has 20 heavy (non-hydrogen) atoms. The molecule has 106 valence electrons. The Kier molecular flexibility index (Phi) is 5.11. The summed E-state index contributed by atoms with van der Waals surface area (Å²) in [7, 11) is 0. The fourth-order valence-electron chi connectivity index (χ4n) is 2.34. The van der Waals surface area contributed by atoms with Gasteiger partial charge in [0.05, 0.1) is 12.0 Å². The highest BCUT2D eigenvalue weighted by molar-refractivity contribution is 9.10. The van der Waals surface area contributed by atoms with Crippen molar-refractivity contribution in [1.82, 2.24) is 0 Å². The maximum absolute atomic E-state index is 6.69. The van der Waals surface area contributed by atoms with Gasteiger partial charge in [-0.25, -0.2) is 0 Å². The van der Waals surface area contributed by atoms with Gasteiger partial charge >= 0.3 is 0 Å². The van der Waals surface area contributed by atoms with Crippen molar-refractivity contribution in [2.24, 2.45) is 0 Å². The van der Waals surface area contributed by atoms with Crippen LogP contribution in [0.3, 0.4) is 0 Å². The van der Waals surface area contributed by atoms with Gasteiger partial charge in [-0.15, -0.1) is 11.6 Å². The van der Waals surface area contributed by atoms with Gasteiger partial charge in [-0.3, -0.25) is 0 Å². The van der Waals surface area contributed by atoms with Crippen molar-refractivity contribution >= 4 is 27.5 Å². The summed E-state index contributed by atoms with van der Waals surface area (Å²) in [4.78, 5) is 0. The van der Waals surface area contributed by atoms with E-state index < -0.39 is 0 Å². The lowest BCUT2D eigenvalue weighted by molar-refractivity contribution is 0.337. The fourth-order valence-corrected chi connectivity index (χ4v) is 3.02. The van der Waals surface area contributed by atoms with Crippen molar-refractivity contribution in [3.05, 3.63) is 63.1 Å². The summed E-state index contributed by atoms with van der Waals surface area (Å²) in [5.74, 6) is 0.842. The quantitative estimate of drug-likeness (QED) is 0.632. The van der Waals surface area contributed by atoms with Crippen LogP contribution < -0.4 is 4.74 Å². The predicted molar refractivity (Wildman–Crippen MR) is 88.9 cm³/mol. The molecule has 0 saturated heterocycles. The normalized spacial score (nSPS) is 12.2. The van der Waals surface area contributed by atoms with E-state index >= 15 is 0 Å².